The number of nitrogens with one attached hydrogen (secondary N) is 1. The fourth-order valence-electron chi connectivity index (χ4n) is 1.43. The average Bonchev–Trinajstić information content (AvgIpc) is 2.78. The van der Waals surface area contributed by atoms with E-state index in [1.54, 1.807) is 11.6 Å². The lowest BCUT2D eigenvalue weighted by molar-refractivity contribution is 0.188. The van der Waals surface area contributed by atoms with Gasteiger partial charge in [-0.25, -0.2) is 0 Å². The number of para-hydroxylation sites is 1. The Labute approximate surface area is 99.3 Å². The van der Waals surface area contributed by atoms with E-state index in [9.17, 15) is 0 Å². The molecule has 6 nitrogen and oxygen atoms in total. The van der Waals surface area contributed by atoms with Gasteiger partial charge >= 0.3 is 0 Å². The van der Waals surface area contributed by atoms with E-state index in [0.29, 0.717) is 18.9 Å². The quantitative estimate of drug-likeness (QED) is 0.800. The molecule has 0 saturated carbocycles. The van der Waals surface area contributed by atoms with E-state index < -0.39 is 0 Å². The lowest BCUT2D eigenvalue weighted by atomic mass is 10.3. The number of hydrogen-bond donors (Lipinski definition) is 2. The van der Waals surface area contributed by atoms with E-state index in [0.717, 1.165) is 5.69 Å². The van der Waals surface area contributed by atoms with Crippen LogP contribution in [0.15, 0.2) is 30.3 Å². The molecule has 0 aliphatic carbocycles. The average molecular weight is 233 g/mol. The summed E-state index contributed by atoms with van der Waals surface area (Å²) >= 11 is 0. The van der Waals surface area contributed by atoms with Gasteiger partial charge in [0.25, 0.3) is 0 Å². The minimum Gasteiger partial charge on any atom is -0.393 e. The van der Waals surface area contributed by atoms with Crippen LogP contribution in [0.4, 0.5) is 5.95 Å². The predicted molar refractivity (Wildman–Crippen MR) is 63.9 cm³/mol. The first-order valence-electron chi connectivity index (χ1n) is 5.53. The van der Waals surface area contributed by atoms with Gasteiger partial charge < -0.3 is 10.4 Å². The third kappa shape index (κ3) is 3.01. The summed E-state index contributed by atoms with van der Waals surface area (Å²) in [6.07, 6.45) is 0.324. The maximum absolute atomic E-state index is 9.17. The molecule has 0 radical (unpaired) electrons. The smallest absolute Gasteiger partial charge is 0.247 e. The second kappa shape index (κ2) is 5.40. The highest BCUT2D eigenvalue weighted by molar-refractivity contribution is 5.38. The van der Waals surface area contributed by atoms with Crippen molar-refractivity contribution < 1.29 is 5.11 Å². The summed E-state index contributed by atoms with van der Waals surface area (Å²) < 4.78 is 1.63. The molecule has 0 bridgehead atoms. The lowest BCUT2D eigenvalue weighted by Crippen LogP contribution is -2.13. The van der Waals surface area contributed by atoms with Crippen molar-refractivity contribution >= 4 is 5.95 Å². The van der Waals surface area contributed by atoms with E-state index >= 15 is 0 Å². The van der Waals surface area contributed by atoms with Gasteiger partial charge in [-0.1, -0.05) is 23.3 Å². The fourth-order valence-corrected chi connectivity index (χ4v) is 1.43. The van der Waals surface area contributed by atoms with Crippen LogP contribution in [0.2, 0.25) is 0 Å². The molecule has 0 aliphatic heterocycles. The van der Waals surface area contributed by atoms with Crippen LogP contribution in [0.25, 0.3) is 5.69 Å². The molecule has 2 rings (SSSR count). The Morgan fingerprint density at radius 2 is 2.12 bits per heavy atom. The number of benzene rings is 1. The molecule has 0 saturated heterocycles. The maximum Gasteiger partial charge on any atom is 0.247 e. The zero-order valence-electron chi connectivity index (χ0n) is 9.61. The Morgan fingerprint density at radius 3 is 2.82 bits per heavy atom. The minimum atomic E-state index is -0.330. The lowest BCUT2D eigenvalue weighted by Gasteiger charge is -2.07. The van der Waals surface area contributed by atoms with Crippen LogP contribution in [0, 0.1) is 0 Å². The number of rotatable bonds is 5. The molecule has 17 heavy (non-hydrogen) atoms. The number of aliphatic hydroxyl groups excluding tert-OH is 1. The zero-order chi connectivity index (χ0) is 12.1. The van der Waals surface area contributed by atoms with Crippen LogP contribution in [0.5, 0.6) is 0 Å². The first kappa shape index (κ1) is 11.5. The molecule has 6 heteroatoms. The third-order valence-electron chi connectivity index (χ3n) is 2.32. The summed E-state index contributed by atoms with van der Waals surface area (Å²) in [5, 5.41) is 23.7. The molecule has 0 aliphatic rings. The van der Waals surface area contributed by atoms with Gasteiger partial charge in [-0.3, -0.25) is 0 Å². The number of anilines is 1. The van der Waals surface area contributed by atoms with Gasteiger partial charge in [-0.15, -0.1) is 0 Å². The van der Waals surface area contributed by atoms with Gasteiger partial charge in [0.2, 0.25) is 5.95 Å². The molecule has 1 atom stereocenters. The fraction of sp³-hybridized carbons (Fsp3) is 0.364. The second-order valence-electron chi connectivity index (χ2n) is 3.81. The van der Waals surface area contributed by atoms with Crippen LogP contribution in [0.3, 0.4) is 0 Å². The summed E-state index contributed by atoms with van der Waals surface area (Å²) in [5.74, 6) is 0.580. The molecule has 1 aromatic heterocycles. The first-order chi connectivity index (χ1) is 8.27. The van der Waals surface area contributed by atoms with Gasteiger partial charge in [-0.2, -0.15) is 4.68 Å². The number of tetrazole rings is 1. The maximum atomic E-state index is 9.17. The monoisotopic (exact) mass is 233 g/mol. The summed E-state index contributed by atoms with van der Waals surface area (Å²) in [6, 6.07) is 9.65. The zero-order valence-corrected chi connectivity index (χ0v) is 9.61. The van der Waals surface area contributed by atoms with Crippen molar-refractivity contribution in [3.63, 3.8) is 0 Å². The van der Waals surface area contributed by atoms with Gasteiger partial charge in [0, 0.05) is 6.54 Å². The SMILES string of the molecule is CC(O)CCNc1nnnn1-c1ccccc1. The minimum absolute atomic E-state index is 0.330. The van der Waals surface area contributed by atoms with Gasteiger partial charge in [0.1, 0.15) is 0 Å². The molecule has 2 aromatic rings. The van der Waals surface area contributed by atoms with Crippen molar-refractivity contribution in [2.75, 3.05) is 11.9 Å². The summed E-state index contributed by atoms with van der Waals surface area (Å²) in [6.45, 7) is 2.38. The first-order valence-corrected chi connectivity index (χ1v) is 5.53. The van der Waals surface area contributed by atoms with Crippen LogP contribution in [0.1, 0.15) is 13.3 Å². The molecule has 0 amide bonds. The number of aromatic nitrogens is 4. The van der Waals surface area contributed by atoms with E-state index in [4.69, 9.17) is 5.11 Å². The molecule has 0 spiro atoms. The molecule has 1 unspecified atom stereocenters. The third-order valence-corrected chi connectivity index (χ3v) is 2.32. The van der Waals surface area contributed by atoms with Crippen LogP contribution in [-0.2, 0) is 0 Å². The Balaban J connectivity index is 2.07. The van der Waals surface area contributed by atoms with Crippen LogP contribution >= 0.6 is 0 Å². The number of nitrogens with zero attached hydrogens (tertiary/aromatic N) is 4. The van der Waals surface area contributed by atoms with Crippen molar-refractivity contribution in [1.29, 1.82) is 0 Å². The van der Waals surface area contributed by atoms with Gasteiger partial charge in [-0.05, 0) is 35.9 Å². The van der Waals surface area contributed by atoms with Gasteiger partial charge in [0.15, 0.2) is 0 Å². The summed E-state index contributed by atoms with van der Waals surface area (Å²) in [7, 11) is 0. The van der Waals surface area contributed by atoms with Crippen molar-refractivity contribution in [3.8, 4) is 5.69 Å². The van der Waals surface area contributed by atoms with Crippen molar-refractivity contribution in [1.82, 2.24) is 20.2 Å². The Bertz CT molecular complexity index is 454. The Hall–Kier alpha value is -1.95. The highest BCUT2D eigenvalue weighted by Crippen LogP contribution is 2.10. The van der Waals surface area contributed by atoms with E-state index in [2.05, 4.69) is 20.8 Å². The molecule has 90 valence electrons. The topological polar surface area (TPSA) is 75.9 Å². The predicted octanol–water partition coefficient (Wildman–Crippen LogP) is 0.845. The Morgan fingerprint density at radius 1 is 1.35 bits per heavy atom. The molecule has 1 aromatic carbocycles. The Kier molecular flexibility index (Phi) is 3.66. The molecule has 1 heterocycles. The molecular formula is C11H15N5O. The molecular weight excluding hydrogens is 218 g/mol. The van der Waals surface area contributed by atoms with E-state index in [1.807, 2.05) is 30.3 Å². The molecule has 0 fully saturated rings. The summed E-state index contributed by atoms with van der Waals surface area (Å²) in [5.41, 5.74) is 0.900. The van der Waals surface area contributed by atoms with Crippen molar-refractivity contribution in [2.24, 2.45) is 0 Å². The second-order valence-corrected chi connectivity index (χ2v) is 3.81. The summed E-state index contributed by atoms with van der Waals surface area (Å²) in [4.78, 5) is 0. The highest BCUT2D eigenvalue weighted by atomic mass is 16.3. The van der Waals surface area contributed by atoms with Crippen molar-refractivity contribution in [3.05, 3.63) is 30.3 Å². The standard InChI is InChI=1S/C11H15N5O/c1-9(17)7-8-12-11-13-14-15-16(11)10-5-3-2-4-6-10/h2-6,9,17H,7-8H2,1H3,(H,12,13,15). The number of hydrogen-bond acceptors (Lipinski definition) is 5. The highest BCUT2D eigenvalue weighted by Gasteiger charge is 2.07. The van der Waals surface area contributed by atoms with E-state index in [-0.39, 0.29) is 6.10 Å². The van der Waals surface area contributed by atoms with Crippen molar-refractivity contribution in [2.45, 2.75) is 19.4 Å². The number of aliphatic hydroxyl groups is 1. The largest absolute Gasteiger partial charge is 0.393 e. The van der Waals surface area contributed by atoms with Gasteiger partial charge in [0.05, 0.1) is 11.8 Å². The van der Waals surface area contributed by atoms with E-state index in [1.165, 1.54) is 0 Å². The molecule has 2 N–H and O–H groups in total. The van der Waals surface area contributed by atoms with Crippen LogP contribution < -0.4 is 5.32 Å². The normalized spacial score (nSPS) is 12.4. The van der Waals surface area contributed by atoms with Crippen LogP contribution in [-0.4, -0.2) is 38.0 Å².